The van der Waals surface area contributed by atoms with Gasteiger partial charge < -0.3 is 19.5 Å². The molecule has 0 fully saturated rings. The van der Waals surface area contributed by atoms with Crippen molar-refractivity contribution in [2.75, 3.05) is 20.8 Å². The van der Waals surface area contributed by atoms with Crippen LogP contribution >= 0.6 is 0 Å². The molecule has 8 nitrogen and oxygen atoms in total. The molecule has 0 heterocycles. The lowest BCUT2D eigenvalue weighted by molar-refractivity contribution is -0.129. The summed E-state index contributed by atoms with van der Waals surface area (Å²) in [6.45, 7) is 2.48. The number of carbonyl (C=O) groups excluding carboxylic acids is 2. The highest BCUT2D eigenvalue weighted by molar-refractivity contribution is 6.02. The van der Waals surface area contributed by atoms with Gasteiger partial charge in [-0.15, -0.1) is 0 Å². The molecule has 8 heteroatoms. The van der Waals surface area contributed by atoms with Gasteiger partial charge in [0.25, 0.3) is 5.91 Å². The summed E-state index contributed by atoms with van der Waals surface area (Å²) >= 11 is 0. The SMILES string of the molecule is CCCCNC(=O)/C(C#N)=C/c1ccc(OC(=O)/C(C#N)=C/c2ccccc2OC)c(OC)c1. The van der Waals surface area contributed by atoms with Crippen molar-refractivity contribution in [2.45, 2.75) is 19.8 Å². The lowest BCUT2D eigenvalue weighted by Crippen LogP contribution is -2.25. The van der Waals surface area contributed by atoms with Crippen molar-refractivity contribution >= 4 is 24.0 Å². The van der Waals surface area contributed by atoms with E-state index in [-0.39, 0.29) is 22.6 Å². The summed E-state index contributed by atoms with van der Waals surface area (Å²) in [5.74, 6) is -0.561. The van der Waals surface area contributed by atoms with Gasteiger partial charge in [-0.3, -0.25) is 4.79 Å². The number of amides is 1. The van der Waals surface area contributed by atoms with Crippen molar-refractivity contribution in [2.24, 2.45) is 0 Å². The van der Waals surface area contributed by atoms with Crippen LogP contribution in [0.4, 0.5) is 0 Å². The van der Waals surface area contributed by atoms with Crippen LogP contribution < -0.4 is 19.5 Å². The van der Waals surface area contributed by atoms with Gasteiger partial charge >= 0.3 is 5.97 Å². The van der Waals surface area contributed by atoms with E-state index in [1.54, 1.807) is 30.3 Å². The molecule has 0 bridgehead atoms. The number of ether oxygens (including phenoxy) is 3. The van der Waals surface area contributed by atoms with E-state index in [9.17, 15) is 20.1 Å². The highest BCUT2D eigenvalue weighted by atomic mass is 16.6. The molecule has 0 atom stereocenters. The molecule has 34 heavy (non-hydrogen) atoms. The zero-order valence-electron chi connectivity index (χ0n) is 19.3. The molecular weight excluding hydrogens is 434 g/mol. The Morgan fingerprint density at radius 1 is 0.941 bits per heavy atom. The van der Waals surface area contributed by atoms with E-state index in [1.807, 2.05) is 19.1 Å². The van der Waals surface area contributed by atoms with E-state index < -0.39 is 11.9 Å². The van der Waals surface area contributed by atoms with Gasteiger partial charge in [-0.05, 0) is 42.3 Å². The maximum Gasteiger partial charge on any atom is 0.354 e. The first-order chi connectivity index (χ1) is 16.5. The monoisotopic (exact) mass is 459 g/mol. The second-order valence-corrected chi connectivity index (χ2v) is 6.99. The summed E-state index contributed by atoms with van der Waals surface area (Å²) in [5, 5.41) is 21.5. The molecule has 0 unspecified atom stereocenters. The van der Waals surface area contributed by atoms with Crippen LogP contribution in [0.15, 0.2) is 53.6 Å². The van der Waals surface area contributed by atoms with Crippen LogP contribution in [-0.2, 0) is 9.59 Å². The first-order valence-electron chi connectivity index (χ1n) is 10.5. The Hall–Kier alpha value is -4.56. The van der Waals surface area contributed by atoms with E-state index in [1.165, 1.54) is 38.5 Å². The Bertz CT molecular complexity index is 1190. The van der Waals surface area contributed by atoms with Gasteiger partial charge in [0.2, 0.25) is 0 Å². The zero-order valence-corrected chi connectivity index (χ0v) is 19.3. The van der Waals surface area contributed by atoms with Crippen LogP contribution in [0.3, 0.4) is 0 Å². The van der Waals surface area contributed by atoms with Gasteiger partial charge in [0.1, 0.15) is 29.0 Å². The number of benzene rings is 2. The van der Waals surface area contributed by atoms with E-state index in [0.717, 1.165) is 12.8 Å². The Balaban J connectivity index is 2.26. The molecule has 1 N–H and O–H groups in total. The second-order valence-electron chi connectivity index (χ2n) is 6.99. The largest absolute Gasteiger partial charge is 0.496 e. The van der Waals surface area contributed by atoms with Gasteiger partial charge in [-0.2, -0.15) is 10.5 Å². The summed E-state index contributed by atoms with van der Waals surface area (Å²) in [6.07, 6.45) is 4.53. The van der Waals surface area contributed by atoms with Gasteiger partial charge in [-0.1, -0.05) is 37.6 Å². The van der Waals surface area contributed by atoms with Crippen LogP contribution in [0.5, 0.6) is 17.2 Å². The third-order valence-electron chi connectivity index (χ3n) is 4.66. The van der Waals surface area contributed by atoms with Crippen molar-refractivity contribution in [3.8, 4) is 29.4 Å². The number of unbranched alkanes of at least 4 members (excludes halogenated alkanes) is 1. The van der Waals surface area contributed by atoms with Gasteiger partial charge in [0.05, 0.1) is 14.2 Å². The van der Waals surface area contributed by atoms with Crippen molar-refractivity contribution < 1.29 is 23.8 Å². The molecule has 1 amide bonds. The smallest absolute Gasteiger partial charge is 0.354 e. The topological polar surface area (TPSA) is 121 Å². The Morgan fingerprint density at radius 2 is 1.65 bits per heavy atom. The number of methoxy groups -OCH3 is 2. The highest BCUT2D eigenvalue weighted by Crippen LogP contribution is 2.30. The molecule has 0 saturated carbocycles. The van der Waals surface area contributed by atoms with E-state index in [4.69, 9.17) is 14.2 Å². The highest BCUT2D eigenvalue weighted by Gasteiger charge is 2.17. The van der Waals surface area contributed by atoms with E-state index >= 15 is 0 Å². The molecule has 2 aromatic rings. The Kier molecular flexibility index (Phi) is 9.90. The third-order valence-corrected chi connectivity index (χ3v) is 4.66. The number of nitrogens with one attached hydrogen (secondary N) is 1. The van der Waals surface area contributed by atoms with Gasteiger partial charge in [-0.25, -0.2) is 4.79 Å². The summed E-state index contributed by atoms with van der Waals surface area (Å²) in [5.41, 5.74) is 0.761. The Morgan fingerprint density at radius 3 is 2.29 bits per heavy atom. The summed E-state index contributed by atoms with van der Waals surface area (Å²) in [7, 11) is 2.88. The van der Waals surface area contributed by atoms with Crippen molar-refractivity contribution in [1.82, 2.24) is 5.32 Å². The molecule has 174 valence electrons. The molecule has 2 aromatic carbocycles. The fraction of sp³-hybridized carbons (Fsp3) is 0.231. The molecule has 0 aromatic heterocycles. The first-order valence-corrected chi connectivity index (χ1v) is 10.5. The van der Waals surface area contributed by atoms with Crippen LogP contribution in [0, 0.1) is 22.7 Å². The number of esters is 1. The van der Waals surface area contributed by atoms with Crippen molar-refractivity contribution in [1.29, 1.82) is 10.5 Å². The lowest BCUT2D eigenvalue weighted by Gasteiger charge is -2.10. The summed E-state index contributed by atoms with van der Waals surface area (Å²) in [6, 6.07) is 15.2. The van der Waals surface area contributed by atoms with Crippen LogP contribution in [-0.4, -0.2) is 32.6 Å². The lowest BCUT2D eigenvalue weighted by atomic mass is 10.1. The number of hydrogen-bond acceptors (Lipinski definition) is 7. The van der Waals surface area contributed by atoms with Gasteiger partial charge in [0, 0.05) is 12.1 Å². The van der Waals surface area contributed by atoms with Crippen LogP contribution in [0.25, 0.3) is 12.2 Å². The van der Waals surface area contributed by atoms with Crippen LogP contribution in [0.1, 0.15) is 30.9 Å². The van der Waals surface area contributed by atoms with E-state index in [0.29, 0.717) is 23.4 Å². The standard InChI is InChI=1S/C26H25N3O5/c1-4-5-12-29-25(30)20(16-27)13-18-10-11-23(24(14-18)33-3)34-26(31)21(17-28)15-19-8-6-7-9-22(19)32-2/h6-11,13-15H,4-5,12H2,1-3H3,(H,29,30)/b20-13+,21-15+. The third kappa shape index (κ3) is 6.98. The Labute approximate surface area is 198 Å². The molecule has 2 rings (SSSR count). The molecule has 0 aliphatic heterocycles. The number of nitriles is 2. The van der Waals surface area contributed by atoms with Crippen molar-refractivity contribution in [3.63, 3.8) is 0 Å². The first kappa shape index (κ1) is 25.7. The number of nitrogens with zero attached hydrogens (tertiary/aromatic N) is 2. The molecule has 0 aliphatic rings. The fourth-order valence-corrected chi connectivity index (χ4v) is 2.88. The maximum atomic E-state index is 12.6. The van der Waals surface area contributed by atoms with Gasteiger partial charge in [0.15, 0.2) is 11.5 Å². The number of hydrogen-bond donors (Lipinski definition) is 1. The average Bonchev–Trinajstić information content (AvgIpc) is 2.86. The second kappa shape index (κ2) is 13.1. The summed E-state index contributed by atoms with van der Waals surface area (Å²) < 4.78 is 15.9. The fourth-order valence-electron chi connectivity index (χ4n) is 2.88. The molecule has 0 spiro atoms. The maximum absolute atomic E-state index is 12.6. The number of carbonyl (C=O) groups is 2. The van der Waals surface area contributed by atoms with Crippen molar-refractivity contribution in [3.05, 3.63) is 64.7 Å². The summed E-state index contributed by atoms with van der Waals surface area (Å²) in [4.78, 5) is 24.8. The quantitative estimate of drug-likeness (QED) is 0.187. The normalized spacial score (nSPS) is 11.1. The predicted octanol–water partition coefficient (Wildman–Crippen LogP) is 4.04. The zero-order chi connectivity index (χ0) is 24.9. The van der Waals surface area contributed by atoms with E-state index in [2.05, 4.69) is 5.32 Å². The van der Waals surface area contributed by atoms with Crippen LogP contribution in [0.2, 0.25) is 0 Å². The molecule has 0 saturated heterocycles. The minimum absolute atomic E-state index is 0.0607. The predicted molar refractivity (Wildman–Crippen MR) is 127 cm³/mol. The minimum atomic E-state index is -0.872. The molecule has 0 aliphatic carbocycles. The number of para-hydroxylation sites is 1. The molecule has 0 radical (unpaired) electrons. The minimum Gasteiger partial charge on any atom is -0.496 e. The number of rotatable bonds is 10. The average molecular weight is 460 g/mol. The molecular formula is C26H25N3O5.